The van der Waals surface area contributed by atoms with Crippen LogP contribution >= 0.6 is 11.6 Å². The molecular weight excluding hydrogens is 408 g/mol. The van der Waals surface area contributed by atoms with E-state index in [-0.39, 0.29) is 29.4 Å². The number of nitrogens with one attached hydrogen (secondary N) is 2. The Bertz CT molecular complexity index is 982. The van der Waals surface area contributed by atoms with Gasteiger partial charge in [0.25, 0.3) is 5.91 Å². The number of hydrogen-bond donors (Lipinski definition) is 3. The van der Waals surface area contributed by atoms with Crippen LogP contribution in [0.3, 0.4) is 0 Å². The largest absolute Gasteiger partial charge is 0.496 e. The van der Waals surface area contributed by atoms with E-state index in [0.717, 1.165) is 0 Å². The Balaban J connectivity index is 1.89. The van der Waals surface area contributed by atoms with Crippen molar-refractivity contribution in [3.05, 3.63) is 53.1 Å². The zero-order valence-electron chi connectivity index (χ0n) is 14.9. The number of carbonyl (C=O) groups excluding carboxylic acids is 1. The normalized spacial score (nSPS) is 19.4. The fourth-order valence-corrected chi connectivity index (χ4v) is 4.17. The second-order valence-corrected chi connectivity index (χ2v) is 8.25. The molecule has 0 unspecified atom stereocenters. The maximum atomic E-state index is 12.7. The van der Waals surface area contributed by atoms with Crippen molar-refractivity contribution in [1.29, 1.82) is 0 Å². The summed E-state index contributed by atoms with van der Waals surface area (Å²) in [6.45, 7) is 0.123. The van der Waals surface area contributed by atoms with Crippen molar-refractivity contribution in [3.8, 4) is 5.75 Å². The molecule has 0 radical (unpaired) electrons. The number of aliphatic hydroxyl groups is 1. The standard InChI is InChI=1S/C18H19ClN2O6S/c1-26-17-7-6-11(28(24,25)21-15-9-27-10-16(15)22)8-12(17)18(23)20-14-5-3-2-4-13(14)19/h2-8,15-16,21-22H,9-10H2,1H3,(H,20,23)/t15-,16+/m0/s1. The molecule has 0 spiro atoms. The number of ether oxygens (including phenoxy) is 2. The van der Waals surface area contributed by atoms with Crippen molar-refractivity contribution in [2.75, 3.05) is 25.6 Å². The van der Waals surface area contributed by atoms with Crippen LogP contribution in [0.15, 0.2) is 47.4 Å². The van der Waals surface area contributed by atoms with E-state index in [0.29, 0.717) is 10.7 Å². The predicted molar refractivity (Wildman–Crippen MR) is 103 cm³/mol. The molecule has 2 aromatic rings. The first-order chi connectivity index (χ1) is 13.3. The summed E-state index contributed by atoms with van der Waals surface area (Å²) in [7, 11) is -2.62. The van der Waals surface area contributed by atoms with Crippen molar-refractivity contribution in [1.82, 2.24) is 4.72 Å². The van der Waals surface area contributed by atoms with Crippen LogP contribution in [-0.4, -0.2) is 51.9 Å². The molecule has 2 aromatic carbocycles. The molecule has 28 heavy (non-hydrogen) atoms. The van der Waals surface area contributed by atoms with Crippen molar-refractivity contribution < 1.29 is 27.8 Å². The number of halogens is 1. The van der Waals surface area contributed by atoms with Crippen molar-refractivity contribution in [2.45, 2.75) is 17.0 Å². The van der Waals surface area contributed by atoms with E-state index in [1.807, 2.05) is 0 Å². The Morgan fingerprint density at radius 3 is 2.64 bits per heavy atom. The Hall–Kier alpha value is -2.17. The number of amides is 1. The first kappa shape index (κ1) is 20.6. The molecule has 0 aromatic heterocycles. The number of para-hydroxylation sites is 1. The number of aliphatic hydroxyl groups excluding tert-OH is 1. The Labute approximate surface area is 167 Å². The summed E-state index contributed by atoms with van der Waals surface area (Å²) in [5.74, 6) is -0.376. The van der Waals surface area contributed by atoms with Gasteiger partial charge in [-0.1, -0.05) is 23.7 Å². The molecule has 3 N–H and O–H groups in total. The third kappa shape index (κ3) is 4.45. The minimum Gasteiger partial charge on any atom is -0.496 e. The van der Waals surface area contributed by atoms with Gasteiger partial charge in [-0.3, -0.25) is 4.79 Å². The van der Waals surface area contributed by atoms with Crippen molar-refractivity contribution in [2.24, 2.45) is 0 Å². The van der Waals surface area contributed by atoms with Crippen LogP contribution < -0.4 is 14.8 Å². The molecule has 8 nitrogen and oxygen atoms in total. The van der Waals surface area contributed by atoms with E-state index in [4.69, 9.17) is 21.1 Å². The zero-order valence-corrected chi connectivity index (χ0v) is 16.5. The third-order valence-corrected chi connectivity index (χ3v) is 6.02. The molecular formula is C18H19ClN2O6S. The summed E-state index contributed by atoms with van der Waals surface area (Å²) in [5.41, 5.74) is 0.405. The molecule has 0 saturated carbocycles. The molecule has 1 fully saturated rings. The molecule has 1 saturated heterocycles. The van der Waals surface area contributed by atoms with Crippen LogP contribution in [0.4, 0.5) is 5.69 Å². The minimum absolute atomic E-state index is 0.0218. The molecule has 150 valence electrons. The van der Waals surface area contributed by atoms with Crippen LogP contribution in [0.2, 0.25) is 5.02 Å². The van der Waals surface area contributed by atoms with E-state index in [2.05, 4.69) is 10.0 Å². The summed E-state index contributed by atoms with van der Waals surface area (Å²) in [6.07, 6.45) is -0.934. The number of carbonyl (C=O) groups is 1. The number of rotatable bonds is 6. The van der Waals surface area contributed by atoms with Gasteiger partial charge in [0.1, 0.15) is 5.75 Å². The van der Waals surface area contributed by atoms with E-state index < -0.39 is 28.1 Å². The van der Waals surface area contributed by atoms with E-state index >= 15 is 0 Å². The smallest absolute Gasteiger partial charge is 0.259 e. The van der Waals surface area contributed by atoms with E-state index in [9.17, 15) is 18.3 Å². The number of anilines is 1. The van der Waals surface area contributed by atoms with Gasteiger partial charge in [-0.15, -0.1) is 0 Å². The van der Waals surface area contributed by atoms with E-state index in [1.165, 1.54) is 25.3 Å². The molecule has 1 amide bonds. The predicted octanol–water partition coefficient (Wildman–Crippen LogP) is 1.64. The van der Waals surface area contributed by atoms with Crippen LogP contribution in [0, 0.1) is 0 Å². The van der Waals surface area contributed by atoms with Crippen LogP contribution in [0.5, 0.6) is 5.75 Å². The second-order valence-electron chi connectivity index (χ2n) is 6.13. The number of methoxy groups -OCH3 is 1. The van der Waals surface area contributed by atoms with Crippen molar-refractivity contribution in [3.63, 3.8) is 0 Å². The Morgan fingerprint density at radius 1 is 1.25 bits per heavy atom. The summed E-state index contributed by atoms with van der Waals surface area (Å²) in [6, 6.07) is 9.82. The second kappa shape index (κ2) is 8.46. The lowest BCUT2D eigenvalue weighted by atomic mass is 10.2. The lowest BCUT2D eigenvalue weighted by Crippen LogP contribution is -2.42. The van der Waals surface area contributed by atoms with Gasteiger partial charge in [-0.2, -0.15) is 0 Å². The zero-order chi connectivity index (χ0) is 20.3. The highest BCUT2D eigenvalue weighted by atomic mass is 35.5. The molecule has 10 heteroatoms. The lowest BCUT2D eigenvalue weighted by molar-refractivity contribution is 0.102. The molecule has 1 aliphatic heterocycles. The van der Waals surface area contributed by atoms with Crippen LogP contribution in [0.25, 0.3) is 0 Å². The molecule has 0 aliphatic carbocycles. The molecule has 2 atom stereocenters. The quantitative estimate of drug-likeness (QED) is 0.647. The first-order valence-corrected chi connectivity index (χ1v) is 10.2. The van der Waals surface area contributed by atoms with Gasteiger partial charge in [-0.05, 0) is 30.3 Å². The fourth-order valence-electron chi connectivity index (χ4n) is 2.71. The summed E-state index contributed by atoms with van der Waals surface area (Å²) < 4.78 is 37.9. The van der Waals surface area contributed by atoms with Gasteiger partial charge in [0, 0.05) is 0 Å². The molecule has 1 aliphatic rings. The fraction of sp³-hybridized carbons (Fsp3) is 0.278. The monoisotopic (exact) mass is 426 g/mol. The highest BCUT2D eigenvalue weighted by Crippen LogP contribution is 2.26. The van der Waals surface area contributed by atoms with Gasteiger partial charge < -0.3 is 19.9 Å². The summed E-state index contributed by atoms with van der Waals surface area (Å²) >= 11 is 6.05. The van der Waals surface area contributed by atoms with Gasteiger partial charge >= 0.3 is 0 Å². The van der Waals surface area contributed by atoms with Crippen molar-refractivity contribution >= 4 is 33.2 Å². The summed E-state index contributed by atoms with van der Waals surface area (Å²) in [4.78, 5) is 12.6. The van der Waals surface area contributed by atoms with Gasteiger partial charge in [-0.25, -0.2) is 13.1 Å². The number of sulfonamides is 1. The van der Waals surface area contributed by atoms with E-state index in [1.54, 1.807) is 24.3 Å². The Kier molecular flexibility index (Phi) is 6.21. The number of hydrogen-bond acceptors (Lipinski definition) is 6. The summed E-state index contributed by atoms with van der Waals surface area (Å²) in [5, 5.41) is 12.7. The lowest BCUT2D eigenvalue weighted by Gasteiger charge is -2.16. The Morgan fingerprint density at radius 2 is 2.00 bits per heavy atom. The molecule has 0 bridgehead atoms. The first-order valence-electron chi connectivity index (χ1n) is 8.34. The number of benzene rings is 2. The topological polar surface area (TPSA) is 114 Å². The van der Waals surface area contributed by atoms with Gasteiger partial charge in [0.05, 0.1) is 53.6 Å². The molecule has 1 heterocycles. The van der Waals surface area contributed by atoms with Crippen LogP contribution in [0.1, 0.15) is 10.4 Å². The minimum atomic E-state index is -3.99. The maximum absolute atomic E-state index is 12.7. The molecule has 3 rings (SSSR count). The average molecular weight is 427 g/mol. The van der Waals surface area contributed by atoms with Gasteiger partial charge in [0.2, 0.25) is 10.0 Å². The highest BCUT2D eigenvalue weighted by Gasteiger charge is 2.31. The highest BCUT2D eigenvalue weighted by molar-refractivity contribution is 7.89. The van der Waals surface area contributed by atoms with Gasteiger partial charge in [0.15, 0.2) is 0 Å². The maximum Gasteiger partial charge on any atom is 0.259 e. The van der Waals surface area contributed by atoms with Crippen LogP contribution in [-0.2, 0) is 14.8 Å². The average Bonchev–Trinajstić information content (AvgIpc) is 3.07. The SMILES string of the molecule is COc1ccc(S(=O)(=O)N[C@H]2COC[C@H]2O)cc1C(=O)Nc1ccccc1Cl. The third-order valence-electron chi connectivity index (χ3n) is 4.20.